The zero-order valence-corrected chi connectivity index (χ0v) is 14.8. The number of phenols is 1. The normalized spacial score (nSPS) is 12.0. The van der Waals surface area contributed by atoms with Crippen LogP contribution in [0.3, 0.4) is 0 Å². The first-order valence-electron chi connectivity index (χ1n) is 7.13. The monoisotopic (exact) mass is 392 g/mol. The quantitative estimate of drug-likeness (QED) is 0.584. The molecular weight excluding hydrogens is 376 g/mol. The summed E-state index contributed by atoms with van der Waals surface area (Å²) in [6, 6.07) is 12.2. The molecular formula is C17H17BrN2O4. The number of methoxy groups -OCH3 is 1. The Hall–Kier alpha value is -2.54. The highest BCUT2D eigenvalue weighted by Gasteiger charge is 2.15. The van der Waals surface area contributed by atoms with Crippen molar-refractivity contribution >= 4 is 28.1 Å². The second kappa shape index (κ2) is 8.35. The molecule has 2 rings (SSSR count). The molecule has 0 saturated heterocycles. The number of nitrogens with one attached hydrogen (secondary N) is 1. The predicted octanol–water partition coefficient (Wildman–Crippen LogP) is 3.08. The number of halogens is 1. The number of aromatic hydroxyl groups is 1. The first-order chi connectivity index (χ1) is 11.5. The highest BCUT2D eigenvalue weighted by Crippen LogP contribution is 2.28. The topological polar surface area (TPSA) is 80.2 Å². The van der Waals surface area contributed by atoms with Crippen LogP contribution in [0.2, 0.25) is 0 Å². The minimum Gasteiger partial charge on any atom is -0.504 e. The number of carbonyl (C=O) groups excluding carboxylic acids is 1. The molecule has 2 aromatic rings. The summed E-state index contributed by atoms with van der Waals surface area (Å²) in [4.78, 5) is 12.0. The predicted molar refractivity (Wildman–Crippen MR) is 94.6 cm³/mol. The number of benzene rings is 2. The lowest BCUT2D eigenvalue weighted by Gasteiger charge is -2.14. The van der Waals surface area contributed by atoms with Crippen LogP contribution in [0.25, 0.3) is 0 Å². The molecule has 24 heavy (non-hydrogen) atoms. The Morgan fingerprint density at radius 2 is 1.96 bits per heavy atom. The van der Waals surface area contributed by atoms with E-state index in [9.17, 15) is 9.90 Å². The van der Waals surface area contributed by atoms with Gasteiger partial charge in [0.25, 0.3) is 5.91 Å². The maximum absolute atomic E-state index is 12.0. The van der Waals surface area contributed by atoms with E-state index in [1.165, 1.54) is 13.3 Å². The maximum atomic E-state index is 12.0. The Kier molecular flexibility index (Phi) is 6.20. The highest BCUT2D eigenvalue weighted by molar-refractivity contribution is 9.10. The largest absolute Gasteiger partial charge is 0.504 e. The Labute approximate surface area is 148 Å². The van der Waals surface area contributed by atoms with E-state index < -0.39 is 12.0 Å². The third-order valence-corrected chi connectivity index (χ3v) is 3.79. The van der Waals surface area contributed by atoms with Crippen LogP contribution in [-0.2, 0) is 4.79 Å². The summed E-state index contributed by atoms with van der Waals surface area (Å²) in [7, 11) is 1.46. The smallest absolute Gasteiger partial charge is 0.280 e. The van der Waals surface area contributed by atoms with Gasteiger partial charge in [-0.1, -0.05) is 18.2 Å². The molecule has 0 aliphatic heterocycles. The van der Waals surface area contributed by atoms with E-state index in [2.05, 4.69) is 26.5 Å². The number of nitrogens with zero attached hydrogens (tertiary/aromatic N) is 1. The molecule has 2 N–H and O–H groups in total. The third kappa shape index (κ3) is 4.48. The minimum atomic E-state index is -0.736. The molecule has 0 aliphatic carbocycles. The van der Waals surface area contributed by atoms with Gasteiger partial charge in [-0.15, -0.1) is 0 Å². The van der Waals surface area contributed by atoms with E-state index >= 15 is 0 Å². The van der Waals surface area contributed by atoms with Gasteiger partial charge in [0.2, 0.25) is 0 Å². The standard InChI is InChI=1S/C17H17BrN2O4/c1-11(24-14-8-4-3-7-13(14)18)17(22)20-19-10-12-6-5-9-15(23-2)16(12)21/h3-11,21H,1-2H3,(H,20,22)/b19-10-/t11-/m1/s1. The van der Waals surface area contributed by atoms with Crippen molar-refractivity contribution in [1.29, 1.82) is 0 Å². The summed E-state index contributed by atoms with van der Waals surface area (Å²) in [5.74, 6) is 0.436. The second-order valence-electron chi connectivity index (χ2n) is 4.82. The molecule has 0 radical (unpaired) electrons. The molecule has 0 fully saturated rings. The summed E-state index contributed by atoms with van der Waals surface area (Å²) in [6.07, 6.45) is 0.598. The van der Waals surface area contributed by atoms with Crippen molar-refractivity contribution in [3.05, 3.63) is 52.5 Å². The third-order valence-electron chi connectivity index (χ3n) is 3.14. The lowest BCUT2D eigenvalue weighted by atomic mass is 10.2. The number of carbonyl (C=O) groups is 1. The number of para-hydroxylation sites is 2. The van der Waals surface area contributed by atoms with Crippen LogP contribution < -0.4 is 14.9 Å². The molecule has 0 unspecified atom stereocenters. The van der Waals surface area contributed by atoms with Gasteiger partial charge in [-0.25, -0.2) is 5.43 Å². The Bertz CT molecular complexity index is 749. The fourth-order valence-electron chi connectivity index (χ4n) is 1.85. The van der Waals surface area contributed by atoms with Gasteiger partial charge in [-0.2, -0.15) is 5.10 Å². The van der Waals surface area contributed by atoms with Crippen molar-refractivity contribution in [2.75, 3.05) is 7.11 Å². The number of phenolic OH excluding ortho intramolecular Hbond substituents is 1. The van der Waals surface area contributed by atoms with E-state index in [1.807, 2.05) is 18.2 Å². The number of hydrogen-bond donors (Lipinski definition) is 2. The molecule has 1 atom stereocenters. The SMILES string of the molecule is COc1cccc(/C=N\NC(=O)[C@@H](C)Oc2ccccc2Br)c1O. The molecule has 1 amide bonds. The molecule has 0 saturated carbocycles. The zero-order chi connectivity index (χ0) is 17.5. The van der Waals surface area contributed by atoms with Gasteiger partial charge >= 0.3 is 0 Å². The lowest BCUT2D eigenvalue weighted by Crippen LogP contribution is -2.33. The zero-order valence-electron chi connectivity index (χ0n) is 13.2. The van der Waals surface area contributed by atoms with Crippen LogP contribution in [0, 0.1) is 0 Å². The fourth-order valence-corrected chi connectivity index (χ4v) is 2.23. The van der Waals surface area contributed by atoms with E-state index in [0.717, 1.165) is 4.47 Å². The molecule has 6 nitrogen and oxygen atoms in total. The minimum absolute atomic E-state index is 0.0458. The van der Waals surface area contributed by atoms with Gasteiger partial charge in [0.1, 0.15) is 5.75 Å². The van der Waals surface area contributed by atoms with Crippen LogP contribution in [-0.4, -0.2) is 30.4 Å². The molecule has 7 heteroatoms. The average molecular weight is 393 g/mol. The van der Waals surface area contributed by atoms with E-state index in [4.69, 9.17) is 9.47 Å². The Morgan fingerprint density at radius 1 is 1.25 bits per heavy atom. The van der Waals surface area contributed by atoms with Crippen molar-refractivity contribution in [2.45, 2.75) is 13.0 Å². The summed E-state index contributed by atoms with van der Waals surface area (Å²) in [6.45, 7) is 1.62. The summed E-state index contributed by atoms with van der Waals surface area (Å²) < 4.78 is 11.3. The van der Waals surface area contributed by atoms with Crippen LogP contribution in [0.4, 0.5) is 0 Å². The number of hydrogen-bond acceptors (Lipinski definition) is 5. The molecule has 126 valence electrons. The first-order valence-corrected chi connectivity index (χ1v) is 7.92. The fraction of sp³-hybridized carbons (Fsp3) is 0.176. The van der Waals surface area contributed by atoms with Gasteiger partial charge in [0.05, 0.1) is 17.8 Å². The number of amides is 1. The molecule has 2 aromatic carbocycles. The molecule has 0 aromatic heterocycles. The van der Waals surface area contributed by atoms with Gasteiger partial charge in [-0.3, -0.25) is 4.79 Å². The molecule has 0 aliphatic rings. The molecule has 0 bridgehead atoms. The lowest BCUT2D eigenvalue weighted by molar-refractivity contribution is -0.127. The van der Waals surface area contributed by atoms with Gasteiger partial charge in [0, 0.05) is 5.56 Å². The van der Waals surface area contributed by atoms with Crippen LogP contribution in [0.1, 0.15) is 12.5 Å². The van der Waals surface area contributed by atoms with Crippen molar-refractivity contribution in [1.82, 2.24) is 5.43 Å². The highest BCUT2D eigenvalue weighted by atomic mass is 79.9. The van der Waals surface area contributed by atoms with Gasteiger partial charge < -0.3 is 14.6 Å². The van der Waals surface area contributed by atoms with Crippen molar-refractivity contribution < 1.29 is 19.4 Å². The van der Waals surface area contributed by atoms with Crippen molar-refractivity contribution in [3.63, 3.8) is 0 Å². The summed E-state index contributed by atoms with van der Waals surface area (Å²) in [5.41, 5.74) is 2.80. The van der Waals surface area contributed by atoms with E-state index in [1.54, 1.807) is 31.2 Å². The van der Waals surface area contributed by atoms with Gasteiger partial charge in [0.15, 0.2) is 17.6 Å². The van der Waals surface area contributed by atoms with Crippen LogP contribution in [0.15, 0.2) is 52.0 Å². The molecule has 0 spiro atoms. The Morgan fingerprint density at radius 3 is 2.67 bits per heavy atom. The average Bonchev–Trinajstić information content (AvgIpc) is 2.58. The van der Waals surface area contributed by atoms with Crippen LogP contribution in [0.5, 0.6) is 17.2 Å². The van der Waals surface area contributed by atoms with Crippen molar-refractivity contribution in [2.24, 2.45) is 5.10 Å². The number of hydrazone groups is 1. The maximum Gasteiger partial charge on any atom is 0.280 e. The second-order valence-corrected chi connectivity index (χ2v) is 5.68. The Balaban J connectivity index is 1.96. The summed E-state index contributed by atoms with van der Waals surface area (Å²) >= 11 is 3.35. The van der Waals surface area contributed by atoms with Crippen LogP contribution >= 0.6 is 15.9 Å². The molecule has 0 heterocycles. The van der Waals surface area contributed by atoms with Gasteiger partial charge in [-0.05, 0) is 47.1 Å². The first kappa shape index (κ1) is 17.8. The number of rotatable bonds is 6. The van der Waals surface area contributed by atoms with E-state index in [-0.39, 0.29) is 5.75 Å². The van der Waals surface area contributed by atoms with E-state index in [0.29, 0.717) is 17.1 Å². The summed E-state index contributed by atoms with van der Waals surface area (Å²) in [5, 5.41) is 13.8. The van der Waals surface area contributed by atoms with Crippen molar-refractivity contribution in [3.8, 4) is 17.2 Å². The number of ether oxygens (including phenoxy) is 2.